The van der Waals surface area contributed by atoms with Gasteiger partial charge >= 0.3 is 8.56 Å². The fourth-order valence-corrected chi connectivity index (χ4v) is 9.38. The van der Waals surface area contributed by atoms with Crippen molar-refractivity contribution in [1.82, 2.24) is 0 Å². The number of hydrogen-bond acceptors (Lipinski definition) is 3. The first-order valence-corrected chi connectivity index (χ1v) is 16.4. The Labute approximate surface area is 212 Å². The highest BCUT2D eigenvalue weighted by molar-refractivity contribution is 6.70. The summed E-state index contributed by atoms with van der Waals surface area (Å²) in [6, 6.07) is 0. The first-order valence-electron chi connectivity index (χ1n) is 14.4. The molecule has 0 spiro atoms. The molecule has 0 bridgehead atoms. The molecule has 196 valence electrons. The lowest BCUT2D eigenvalue weighted by Gasteiger charge is -2.43. The summed E-state index contributed by atoms with van der Waals surface area (Å²) in [6.45, 7) is 9.32. The Hall–Kier alpha value is -0.683. The molecule has 0 aliphatic heterocycles. The molecule has 0 saturated carbocycles. The molecule has 4 heteroatoms. The van der Waals surface area contributed by atoms with Crippen LogP contribution in [0.15, 0.2) is 36.5 Å². The third-order valence-electron chi connectivity index (χ3n) is 7.49. The Morgan fingerprint density at radius 3 is 1.38 bits per heavy atom. The molecule has 3 rings (SSSR count). The van der Waals surface area contributed by atoms with Gasteiger partial charge < -0.3 is 14.0 Å². The van der Waals surface area contributed by atoms with Crippen LogP contribution < -0.4 is 0 Å². The van der Waals surface area contributed by atoms with Crippen molar-refractivity contribution >= 4 is 8.56 Å². The number of rotatable bonds is 6. The van der Waals surface area contributed by atoms with E-state index in [0.29, 0.717) is 23.3 Å². The van der Waals surface area contributed by atoms with Crippen LogP contribution in [0.2, 0.25) is 11.1 Å². The minimum Gasteiger partial charge on any atom is -0.393 e. The summed E-state index contributed by atoms with van der Waals surface area (Å²) >= 11 is 0. The third-order valence-corrected chi connectivity index (χ3v) is 12.1. The summed E-state index contributed by atoms with van der Waals surface area (Å²) in [4.78, 5) is 0. The predicted octanol–water partition coefficient (Wildman–Crippen LogP) is 8.93. The summed E-state index contributed by atoms with van der Waals surface area (Å²) in [5, 5.41) is 9.18. The summed E-state index contributed by atoms with van der Waals surface area (Å²) in [5.41, 5.74) is 0.990. The molecule has 0 radical (unpaired) electrons. The average molecular weight is 491 g/mol. The van der Waals surface area contributed by atoms with Crippen LogP contribution in [0.5, 0.6) is 0 Å². The van der Waals surface area contributed by atoms with Gasteiger partial charge in [-0.3, -0.25) is 0 Å². The van der Waals surface area contributed by atoms with Gasteiger partial charge in [0.15, 0.2) is 0 Å². The number of hydrogen-bond donors (Lipinski definition) is 1. The number of aliphatic hydroxyl groups excluding tert-OH is 1. The molecule has 34 heavy (non-hydrogen) atoms. The molecule has 0 aromatic rings. The van der Waals surface area contributed by atoms with E-state index < -0.39 is 8.56 Å². The Balaban J connectivity index is 0.000000379. The van der Waals surface area contributed by atoms with Gasteiger partial charge in [0.1, 0.15) is 0 Å². The van der Waals surface area contributed by atoms with Gasteiger partial charge in [0.25, 0.3) is 0 Å². The van der Waals surface area contributed by atoms with E-state index in [0.717, 1.165) is 57.8 Å². The van der Waals surface area contributed by atoms with E-state index >= 15 is 0 Å². The maximum Gasteiger partial charge on any atom is 0.343 e. The topological polar surface area (TPSA) is 38.7 Å². The van der Waals surface area contributed by atoms with Crippen LogP contribution in [0, 0.1) is 0 Å². The van der Waals surface area contributed by atoms with E-state index in [9.17, 15) is 5.11 Å². The van der Waals surface area contributed by atoms with Crippen molar-refractivity contribution in [2.75, 3.05) is 0 Å². The molecule has 3 aliphatic rings. The summed E-state index contributed by atoms with van der Waals surface area (Å²) in [6.07, 6.45) is 31.7. The normalized spacial score (nSPS) is 29.9. The van der Waals surface area contributed by atoms with Crippen molar-refractivity contribution in [3.8, 4) is 0 Å². The second-order valence-corrected chi connectivity index (χ2v) is 15.3. The van der Waals surface area contributed by atoms with Crippen molar-refractivity contribution in [2.45, 2.75) is 153 Å². The van der Waals surface area contributed by atoms with Crippen LogP contribution in [-0.4, -0.2) is 32.0 Å². The van der Waals surface area contributed by atoms with E-state index in [-0.39, 0.29) is 6.10 Å². The zero-order valence-electron chi connectivity index (χ0n) is 22.7. The predicted molar refractivity (Wildman–Crippen MR) is 148 cm³/mol. The van der Waals surface area contributed by atoms with Crippen LogP contribution in [0.1, 0.15) is 124 Å². The molecule has 3 atom stereocenters. The Morgan fingerprint density at radius 2 is 0.941 bits per heavy atom. The van der Waals surface area contributed by atoms with Gasteiger partial charge in [-0.2, -0.15) is 0 Å². The Kier molecular flexibility index (Phi) is 14.7. The van der Waals surface area contributed by atoms with Gasteiger partial charge in [0, 0.05) is 12.2 Å². The number of aliphatic hydroxyl groups is 1. The molecule has 1 N–H and O–H groups in total. The minimum atomic E-state index is -2.25. The second-order valence-electron chi connectivity index (χ2n) is 11.1. The molecule has 3 unspecified atom stereocenters. The minimum absolute atomic E-state index is 0.0325. The molecule has 0 saturated heterocycles. The van der Waals surface area contributed by atoms with E-state index in [1.807, 2.05) is 0 Å². The molecule has 3 aliphatic carbocycles. The highest BCUT2D eigenvalue weighted by Gasteiger charge is 2.48. The highest BCUT2D eigenvalue weighted by Crippen LogP contribution is 2.39. The van der Waals surface area contributed by atoms with Crippen molar-refractivity contribution in [2.24, 2.45) is 0 Å². The third kappa shape index (κ3) is 10.9. The molecule has 0 aromatic heterocycles. The Bertz CT molecular complexity index is 570. The van der Waals surface area contributed by atoms with E-state index in [4.69, 9.17) is 8.85 Å². The summed E-state index contributed by atoms with van der Waals surface area (Å²) in [5.74, 6) is 0. The maximum atomic E-state index is 9.18. The highest BCUT2D eigenvalue weighted by atomic mass is 28.4. The van der Waals surface area contributed by atoms with Crippen LogP contribution in [-0.2, 0) is 8.85 Å². The van der Waals surface area contributed by atoms with Crippen molar-refractivity contribution in [3.63, 3.8) is 0 Å². The van der Waals surface area contributed by atoms with Gasteiger partial charge in [-0.15, -0.1) is 0 Å². The first-order chi connectivity index (χ1) is 16.4. The lowest BCUT2D eigenvalue weighted by Crippen LogP contribution is -2.52. The van der Waals surface area contributed by atoms with Gasteiger partial charge in [-0.05, 0) is 107 Å². The number of allylic oxidation sites excluding steroid dienone is 6. The standard InChI is InChI=1S/C22H40O2Si.C8H14O/c1-19(2)25(20(3)4,23-21-15-11-7-5-8-12-16-21)24-22-17-13-9-6-10-14-18-22;9-8-6-4-2-1-3-5-7-8/h5-7,9,19-22H,8,10-18H2,1-4H3;1-2,8-9H,3-7H2/b7-5-,9-6-;2-1-. The largest absolute Gasteiger partial charge is 0.393 e. The van der Waals surface area contributed by atoms with Crippen LogP contribution in [0.25, 0.3) is 0 Å². The van der Waals surface area contributed by atoms with Gasteiger partial charge in [0.2, 0.25) is 0 Å². The lowest BCUT2D eigenvalue weighted by molar-refractivity contribution is 0.0509. The van der Waals surface area contributed by atoms with Gasteiger partial charge in [-0.1, -0.05) is 64.2 Å². The molecule has 0 fully saturated rings. The van der Waals surface area contributed by atoms with E-state index in [1.165, 1.54) is 38.5 Å². The van der Waals surface area contributed by atoms with Crippen molar-refractivity contribution in [3.05, 3.63) is 36.5 Å². The Morgan fingerprint density at radius 1 is 0.559 bits per heavy atom. The molecule has 0 heterocycles. The fourth-order valence-electron chi connectivity index (χ4n) is 5.39. The molecule has 0 amide bonds. The van der Waals surface area contributed by atoms with E-state index in [2.05, 4.69) is 64.2 Å². The summed E-state index contributed by atoms with van der Waals surface area (Å²) < 4.78 is 14.0. The lowest BCUT2D eigenvalue weighted by atomic mass is 10.0. The SMILES string of the molecule is CC(C)[Si](OC1CC/C=C\CCC1)(OC1CC/C=C\CCC1)C(C)C.OC1CC/C=C\CCC1. The van der Waals surface area contributed by atoms with Gasteiger partial charge in [-0.25, -0.2) is 0 Å². The van der Waals surface area contributed by atoms with Crippen molar-refractivity contribution in [1.29, 1.82) is 0 Å². The monoisotopic (exact) mass is 490 g/mol. The smallest absolute Gasteiger partial charge is 0.343 e. The zero-order chi connectivity index (χ0) is 24.7. The van der Waals surface area contributed by atoms with Gasteiger partial charge in [0.05, 0.1) is 6.10 Å². The van der Waals surface area contributed by atoms with E-state index in [1.54, 1.807) is 0 Å². The zero-order valence-corrected chi connectivity index (χ0v) is 23.7. The van der Waals surface area contributed by atoms with Crippen LogP contribution in [0.3, 0.4) is 0 Å². The molecular weight excluding hydrogens is 436 g/mol. The van der Waals surface area contributed by atoms with Crippen LogP contribution in [0.4, 0.5) is 0 Å². The maximum absolute atomic E-state index is 9.18. The molecular formula is C30H54O3Si. The molecule has 0 aromatic carbocycles. The van der Waals surface area contributed by atoms with Crippen molar-refractivity contribution < 1.29 is 14.0 Å². The second kappa shape index (κ2) is 16.9. The fraction of sp³-hybridized carbons (Fsp3) is 0.800. The quantitative estimate of drug-likeness (QED) is 0.298. The average Bonchev–Trinajstić information content (AvgIpc) is 2.73. The van der Waals surface area contributed by atoms with Crippen LogP contribution >= 0.6 is 0 Å². The molecule has 3 nitrogen and oxygen atoms in total. The first kappa shape index (κ1) is 29.5. The summed E-state index contributed by atoms with van der Waals surface area (Å²) in [7, 11) is -2.25.